The molecule has 25 heavy (non-hydrogen) atoms. The summed E-state index contributed by atoms with van der Waals surface area (Å²) in [6.07, 6.45) is 4.02. The van der Waals surface area contributed by atoms with E-state index in [9.17, 15) is 4.79 Å². The molecule has 1 unspecified atom stereocenters. The van der Waals surface area contributed by atoms with Crippen molar-refractivity contribution in [3.05, 3.63) is 46.5 Å². The third kappa shape index (κ3) is 4.86. The van der Waals surface area contributed by atoms with Gasteiger partial charge < -0.3 is 15.5 Å². The highest BCUT2D eigenvalue weighted by Gasteiger charge is 2.25. The van der Waals surface area contributed by atoms with Gasteiger partial charge in [0.25, 0.3) is 6.47 Å². The first-order chi connectivity index (χ1) is 12.1. The Morgan fingerprint density at radius 2 is 1.96 bits per heavy atom. The van der Waals surface area contributed by atoms with Crippen LogP contribution in [0.5, 0.6) is 0 Å². The maximum atomic E-state index is 10.9. The predicted octanol–water partition coefficient (Wildman–Crippen LogP) is 3.62. The quantitative estimate of drug-likeness (QED) is 0.523. The van der Waals surface area contributed by atoms with E-state index in [-0.39, 0.29) is 0 Å². The molecular formula is C20H27N3O2. The van der Waals surface area contributed by atoms with E-state index in [1.807, 2.05) is 31.3 Å². The third-order valence-electron chi connectivity index (χ3n) is 4.59. The number of rotatable bonds is 7. The van der Waals surface area contributed by atoms with Crippen LogP contribution in [0, 0.1) is 10.8 Å². The molecule has 0 saturated carbocycles. The molecule has 0 radical (unpaired) electrons. The Bertz CT molecular complexity index is 662. The van der Waals surface area contributed by atoms with Crippen molar-refractivity contribution in [2.24, 2.45) is 0 Å². The van der Waals surface area contributed by atoms with Gasteiger partial charge in [0.1, 0.15) is 6.10 Å². The topological polar surface area (TPSA) is 86.0 Å². The number of carbonyl (C=O) groups excluding carboxylic acids is 1. The Morgan fingerprint density at radius 1 is 1.24 bits per heavy atom. The zero-order valence-corrected chi connectivity index (χ0v) is 15.0. The molecule has 3 N–H and O–H groups in total. The molecule has 1 aliphatic rings. The van der Waals surface area contributed by atoms with Gasteiger partial charge in [-0.15, -0.1) is 0 Å². The number of hydrogen-bond acceptors (Lipinski definition) is 5. The van der Waals surface area contributed by atoms with Crippen molar-refractivity contribution in [3.8, 4) is 0 Å². The molecule has 0 aromatic heterocycles. The first kappa shape index (κ1) is 19.1. The van der Waals surface area contributed by atoms with Gasteiger partial charge in [0, 0.05) is 17.8 Å². The zero-order chi connectivity index (χ0) is 18.2. The molecule has 5 nitrogen and oxygen atoms in total. The molecule has 0 aliphatic heterocycles. The van der Waals surface area contributed by atoms with Gasteiger partial charge in [-0.2, -0.15) is 0 Å². The summed E-state index contributed by atoms with van der Waals surface area (Å²) in [5.74, 6) is 0. The lowest BCUT2D eigenvalue weighted by atomic mass is 9.85. The maximum absolute atomic E-state index is 10.9. The molecule has 1 aliphatic carbocycles. The van der Waals surface area contributed by atoms with Crippen LogP contribution >= 0.6 is 0 Å². The largest absolute Gasteiger partial charge is 0.460 e. The van der Waals surface area contributed by atoms with Crippen LogP contribution < -0.4 is 5.32 Å². The van der Waals surface area contributed by atoms with Crippen molar-refractivity contribution in [3.63, 3.8) is 0 Å². The molecule has 0 heterocycles. The molecule has 0 saturated heterocycles. The van der Waals surface area contributed by atoms with Crippen molar-refractivity contribution in [2.45, 2.75) is 51.7 Å². The van der Waals surface area contributed by atoms with Crippen molar-refractivity contribution >= 4 is 17.9 Å². The van der Waals surface area contributed by atoms with Gasteiger partial charge in [-0.3, -0.25) is 10.2 Å². The molecule has 1 aromatic rings. The average Bonchev–Trinajstić information content (AvgIpc) is 2.57. The Hall–Kier alpha value is -2.27. The minimum Gasteiger partial charge on any atom is -0.460 e. The number of carbonyl (C=O) groups is 1. The lowest BCUT2D eigenvalue weighted by Crippen LogP contribution is -2.25. The zero-order valence-electron chi connectivity index (χ0n) is 15.0. The van der Waals surface area contributed by atoms with Crippen LogP contribution in [0.25, 0.3) is 0 Å². The minimum absolute atomic E-state index is 0.375. The Balaban J connectivity index is 2.42. The van der Waals surface area contributed by atoms with Gasteiger partial charge in [0.2, 0.25) is 0 Å². The molecule has 0 bridgehead atoms. The summed E-state index contributed by atoms with van der Waals surface area (Å²) >= 11 is 0. The summed E-state index contributed by atoms with van der Waals surface area (Å²) in [5.41, 5.74) is 4.34. The van der Waals surface area contributed by atoms with Crippen LogP contribution in [0.15, 0.2) is 35.4 Å². The lowest BCUT2D eigenvalue weighted by molar-refractivity contribution is -0.132. The first-order valence-corrected chi connectivity index (χ1v) is 8.79. The molecule has 2 rings (SSSR count). The van der Waals surface area contributed by atoms with Gasteiger partial charge in [0.05, 0.1) is 5.71 Å². The fraction of sp³-hybridized carbons (Fsp3) is 0.450. The summed E-state index contributed by atoms with van der Waals surface area (Å²) in [4.78, 5) is 10.9. The maximum Gasteiger partial charge on any atom is 0.293 e. The van der Waals surface area contributed by atoms with Crippen LogP contribution in [0.2, 0.25) is 0 Å². The van der Waals surface area contributed by atoms with Crippen molar-refractivity contribution in [1.82, 2.24) is 5.32 Å². The molecule has 5 heteroatoms. The van der Waals surface area contributed by atoms with Crippen molar-refractivity contribution < 1.29 is 9.53 Å². The molecule has 1 aromatic carbocycles. The number of hydrogen-bond donors (Lipinski definition) is 3. The van der Waals surface area contributed by atoms with Crippen LogP contribution in [-0.4, -0.2) is 31.0 Å². The second-order valence-corrected chi connectivity index (χ2v) is 6.44. The van der Waals surface area contributed by atoms with E-state index >= 15 is 0 Å². The van der Waals surface area contributed by atoms with Crippen LogP contribution in [0.1, 0.15) is 50.2 Å². The highest BCUT2D eigenvalue weighted by Crippen LogP contribution is 2.28. The Morgan fingerprint density at radius 3 is 2.56 bits per heavy atom. The first-order valence-electron chi connectivity index (χ1n) is 8.79. The van der Waals surface area contributed by atoms with Crippen LogP contribution in [0.3, 0.4) is 0 Å². The van der Waals surface area contributed by atoms with E-state index in [0.717, 1.165) is 48.9 Å². The highest BCUT2D eigenvalue weighted by molar-refractivity contribution is 6.15. The molecule has 134 valence electrons. The SMILES string of the molecule is CNCc1ccc(C(=N)/C2=C(\C(C)=N)C(OC=O)CCCCC2)cc1. The van der Waals surface area contributed by atoms with Crippen LogP contribution in [-0.2, 0) is 16.1 Å². The fourth-order valence-corrected chi connectivity index (χ4v) is 3.38. The number of benzene rings is 1. The standard InChI is InChI=1S/C20H27N3O2/c1-14(21)19-17(6-4-3-5-7-18(19)25-13-24)20(22)16-10-8-15(9-11-16)12-23-2/h8-11,13,18,21-23H,3-7,12H2,1-2H3/b19-17+,21-14?,22-20?. The van der Waals surface area contributed by atoms with E-state index in [2.05, 4.69) is 5.32 Å². The molecule has 1 atom stereocenters. The van der Waals surface area contributed by atoms with E-state index in [0.29, 0.717) is 29.9 Å². The van der Waals surface area contributed by atoms with E-state index in [1.165, 1.54) is 0 Å². The normalized spacial score (nSPS) is 21.1. The predicted molar refractivity (Wildman–Crippen MR) is 100 cm³/mol. The fourth-order valence-electron chi connectivity index (χ4n) is 3.38. The van der Waals surface area contributed by atoms with Crippen LogP contribution in [0.4, 0.5) is 0 Å². The van der Waals surface area contributed by atoms with Gasteiger partial charge in [-0.25, -0.2) is 0 Å². The molecular weight excluding hydrogens is 314 g/mol. The van der Waals surface area contributed by atoms with Gasteiger partial charge in [0.15, 0.2) is 0 Å². The summed E-state index contributed by atoms with van der Waals surface area (Å²) < 4.78 is 5.28. The Kier molecular flexibility index (Phi) is 7.07. The minimum atomic E-state index is -0.422. The average molecular weight is 341 g/mol. The van der Waals surface area contributed by atoms with Gasteiger partial charge in [-0.1, -0.05) is 30.7 Å². The van der Waals surface area contributed by atoms with Crippen molar-refractivity contribution in [2.75, 3.05) is 7.05 Å². The van der Waals surface area contributed by atoms with Crippen molar-refractivity contribution in [1.29, 1.82) is 10.8 Å². The summed E-state index contributed by atoms with van der Waals surface area (Å²) in [7, 11) is 1.90. The second-order valence-electron chi connectivity index (χ2n) is 6.44. The second kappa shape index (κ2) is 9.28. The van der Waals surface area contributed by atoms with E-state index in [1.54, 1.807) is 6.92 Å². The van der Waals surface area contributed by atoms with E-state index in [4.69, 9.17) is 15.6 Å². The van der Waals surface area contributed by atoms with Gasteiger partial charge >= 0.3 is 0 Å². The summed E-state index contributed by atoms with van der Waals surface area (Å²) in [6, 6.07) is 7.93. The molecule has 0 spiro atoms. The molecule has 0 fully saturated rings. The highest BCUT2D eigenvalue weighted by atomic mass is 16.5. The smallest absolute Gasteiger partial charge is 0.293 e. The third-order valence-corrected chi connectivity index (χ3v) is 4.59. The summed E-state index contributed by atoms with van der Waals surface area (Å²) in [5, 5.41) is 20.0. The Labute approximate surface area is 149 Å². The monoisotopic (exact) mass is 341 g/mol. The summed E-state index contributed by atoms with van der Waals surface area (Å²) in [6.45, 7) is 2.96. The lowest BCUT2D eigenvalue weighted by Gasteiger charge is -2.25. The van der Waals surface area contributed by atoms with Gasteiger partial charge in [-0.05, 0) is 56.4 Å². The number of nitrogens with one attached hydrogen (secondary N) is 3. The number of ether oxygens (including phenoxy) is 1. The molecule has 0 amide bonds. The number of allylic oxidation sites excluding steroid dienone is 1. The van der Waals surface area contributed by atoms with E-state index < -0.39 is 6.10 Å².